The average Bonchev–Trinajstić information content (AvgIpc) is 3.05. The van der Waals surface area contributed by atoms with Crippen molar-refractivity contribution in [2.75, 3.05) is 12.3 Å². The summed E-state index contributed by atoms with van der Waals surface area (Å²) >= 11 is 0. The SMILES string of the molecule is CCCCCCCCCCCC(=O)OCC1=C[C@@H](O)[C@H](n2ccc(N)nc2=O)O1. The summed E-state index contributed by atoms with van der Waals surface area (Å²) in [5.41, 5.74) is 4.84. The zero-order chi connectivity index (χ0) is 21.1. The van der Waals surface area contributed by atoms with Crippen molar-refractivity contribution in [3.63, 3.8) is 0 Å². The van der Waals surface area contributed by atoms with E-state index in [9.17, 15) is 14.7 Å². The third kappa shape index (κ3) is 7.89. The van der Waals surface area contributed by atoms with Crippen LogP contribution in [0, 0.1) is 0 Å². The lowest BCUT2D eigenvalue weighted by Crippen LogP contribution is -2.32. The van der Waals surface area contributed by atoms with Crippen LogP contribution in [0.1, 0.15) is 77.4 Å². The van der Waals surface area contributed by atoms with Gasteiger partial charge in [-0.3, -0.25) is 9.36 Å². The van der Waals surface area contributed by atoms with E-state index >= 15 is 0 Å². The summed E-state index contributed by atoms with van der Waals surface area (Å²) in [6.45, 7) is 2.15. The number of carbonyl (C=O) groups is 1. The van der Waals surface area contributed by atoms with Crippen LogP contribution < -0.4 is 11.4 Å². The van der Waals surface area contributed by atoms with E-state index in [1.54, 1.807) is 0 Å². The first-order valence-corrected chi connectivity index (χ1v) is 10.6. The smallest absolute Gasteiger partial charge is 0.352 e. The number of aliphatic hydroxyl groups excluding tert-OH is 1. The molecule has 0 radical (unpaired) electrons. The molecule has 8 nitrogen and oxygen atoms in total. The van der Waals surface area contributed by atoms with Crippen LogP contribution in [-0.2, 0) is 14.3 Å². The molecule has 0 amide bonds. The molecule has 2 atom stereocenters. The summed E-state index contributed by atoms with van der Waals surface area (Å²) < 4.78 is 11.9. The molecule has 29 heavy (non-hydrogen) atoms. The molecule has 0 bridgehead atoms. The Morgan fingerprint density at radius 3 is 2.52 bits per heavy atom. The highest BCUT2D eigenvalue weighted by Gasteiger charge is 2.30. The second-order valence-corrected chi connectivity index (χ2v) is 7.41. The van der Waals surface area contributed by atoms with Crippen molar-refractivity contribution in [2.45, 2.75) is 83.5 Å². The molecular formula is C21H33N3O5. The maximum absolute atomic E-state index is 11.9. The molecule has 0 fully saturated rings. The van der Waals surface area contributed by atoms with E-state index in [-0.39, 0.29) is 18.4 Å². The molecule has 1 aromatic heterocycles. The van der Waals surface area contributed by atoms with Crippen molar-refractivity contribution in [1.29, 1.82) is 0 Å². The summed E-state index contributed by atoms with van der Waals surface area (Å²) in [6, 6.07) is 1.45. The van der Waals surface area contributed by atoms with E-state index in [1.807, 2.05) is 0 Å². The lowest BCUT2D eigenvalue weighted by atomic mass is 10.1. The Labute approximate surface area is 171 Å². The Bertz CT molecular complexity index is 731. The molecule has 1 aliphatic rings. The molecule has 3 N–H and O–H groups in total. The molecule has 0 saturated carbocycles. The van der Waals surface area contributed by atoms with Crippen LogP contribution in [0.2, 0.25) is 0 Å². The fourth-order valence-electron chi connectivity index (χ4n) is 3.26. The van der Waals surface area contributed by atoms with Crippen LogP contribution >= 0.6 is 0 Å². The van der Waals surface area contributed by atoms with Crippen LogP contribution in [0.25, 0.3) is 0 Å². The van der Waals surface area contributed by atoms with Crippen molar-refractivity contribution in [2.24, 2.45) is 0 Å². The Hall–Kier alpha value is -2.35. The fraction of sp³-hybridized carbons (Fsp3) is 0.667. The third-order valence-electron chi connectivity index (χ3n) is 4.91. The van der Waals surface area contributed by atoms with E-state index < -0.39 is 18.0 Å². The Balaban J connectivity index is 1.60. The van der Waals surface area contributed by atoms with E-state index in [1.165, 1.54) is 56.9 Å². The van der Waals surface area contributed by atoms with Gasteiger partial charge in [0, 0.05) is 12.6 Å². The normalized spacial score (nSPS) is 18.3. The van der Waals surface area contributed by atoms with Crippen molar-refractivity contribution in [3.8, 4) is 0 Å². The van der Waals surface area contributed by atoms with Gasteiger partial charge in [0.1, 0.15) is 24.3 Å². The zero-order valence-electron chi connectivity index (χ0n) is 17.2. The number of unbranched alkanes of at least 4 members (excludes halogenated alkanes) is 8. The molecule has 0 unspecified atom stereocenters. The number of nitrogens with zero attached hydrogens (tertiary/aromatic N) is 2. The second kappa shape index (κ2) is 12.3. The number of aromatic nitrogens is 2. The molecule has 1 aliphatic heterocycles. The largest absolute Gasteiger partial charge is 0.468 e. The minimum atomic E-state index is -1.04. The van der Waals surface area contributed by atoms with Gasteiger partial charge >= 0.3 is 11.7 Å². The predicted molar refractivity (Wildman–Crippen MR) is 110 cm³/mol. The first-order valence-electron chi connectivity index (χ1n) is 10.6. The Morgan fingerprint density at radius 1 is 1.21 bits per heavy atom. The Morgan fingerprint density at radius 2 is 1.86 bits per heavy atom. The molecule has 0 aliphatic carbocycles. The number of anilines is 1. The van der Waals surface area contributed by atoms with Gasteiger partial charge in [0.25, 0.3) is 0 Å². The van der Waals surface area contributed by atoms with Gasteiger partial charge in [0.2, 0.25) is 6.23 Å². The molecule has 162 valence electrons. The number of carbonyl (C=O) groups excluding carboxylic acids is 1. The summed E-state index contributed by atoms with van der Waals surface area (Å²) in [5, 5.41) is 10.1. The molecular weight excluding hydrogens is 374 g/mol. The monoisotopic (exact) mass is 407 g/mol. The van der Waals surface area contributed by atoms with Crippen LogP contribution in [0.5, 0.6) is 0 Å². The number of esters is 1. The lowest BCUT2D eigenvalue weighted by Gasteiger charge is -2.18. The summed E-state index contributed by atoms with van der Waals surface area (Å²) in [6.07, 6.45) is 11.9. The zero-order valence-corrected chi connectivity index (χ0v) is 17.2. The molecule has 1 aromatic rings. The molecule has 0 aromatic carbocycles. The van der Waals surface area contributed by atoms with Crippen molar-refractivity contribution in [3.05, 3.63) is 34.6 Å². The van der Waals surface area contributed by atoms with Crippen LogP contribution in [0.4, 0.5) is 5.82 Å². The van der Waals surface area contributed by atoms with E-state index in [4.69, 9.17) is 15.2 Å². The van der Waals surface area contributed by atoms with Gasteiger partial charge in [0.05, 0.1) is 0 Å². The first kappa shape index (κ1) is 22.9. The molecule has 2 heterocycles. The molecule has 2 rings (SSSR count). The van der Waals surface area contributed by atoms with E-state index in [0.29, 0.717) is 12.2 Å². The maximum Gasteiger partial charge on any atom is 0.352 e. The quantitative estimate of drug-likeness (QED) is 0.381. The van der Waals surface area contributed by atoms with E-state index in [0.717, 1.165) is 23.8 Å². The van der Waals surface area contributed by atoms with Gasteiger partial charge in [-0.25, -0.2) is 4.79 Å². The maximum atomic E-state index is 11.9. The number of aliphatic hydroxyl groups is 1. The third-order valence-corrected chi connectivity index (χ3v) is 4.91. The van der Waals surface area contributed by atoms with Gasteiger partial charge in [-0.1, -0.05) is 58.3 Å². The van der Waals surface area contributed by atoms with Gasteiger partial charge in [-0.2, -0.15) is 4.98 Å². The van der Waals surface area contributed by atoms with Crippen molar-refractivity contribution < 1.29 is 19.4 Å². The van der Waals surface area contributed by atoms with Crippen molar-refractivity contribution in [1.82, 2.24) is 9.55 Å². The van der Waals surface area contributed by atoms with Crippen LogP contribution in [-0.4, -0.2) is 33.3 Å². The fourth-order valence-corrected chi connectivity index (χ4v) is 3.26. The standard InChI is InChI=1S/C21H33N3O5/c1-2-3-4-5-6-7-8-9-10-11-19(26)28-15-16-14-17(25)20(29-16)24-13-12-18(22)23-21(24)27/h12-14,17,20,25H,2-11,15H2,1H3,(H2,22,23,27)/t17-,20-/m1/s1. The number of nitrogens with two attached hydrogens (primary N) is 1. The van der Waals surface area contributed by atoms with Crippen molar-refractivity contribution >= 4 is 11.8 Å². The highest BCUT2D eigenvalue weighted by molar-refractivity contribution is 5.69. The van der Waals surface area contributed by atoms with Gasteiger partial charge < -0.3 is 20.3 Å². The predicted octanol–water partition coefficient (Wildman–Crippen LogP) is 3.06. The number of ether oxygens (including phenoxy) is 2. The topological polar surface area (TPSA) is 117 Å². The minimum absolute atomic E-state index is 0.0685. The average molecular weight is 408 g/mol. The Kier molecular flexibility index (Phi) is 9.70. The number of nitrogen functional groups attached to an aromatic ring is 1. The molecule has 0 spiro atoms. The second-order valence-electron chi connectivity index (χ2n) is 7.41. The number of rotatable bonds is 13. The van der Waals surface area contributed by atoms with Gasteiger partial charge in [-0.05, 0) is 18.6 Å². The summed E-state index contributed by atoms with van der Waals surface area (Å²) in [5.74, 6) is 0.116. The van der Waals surface area contributed by atoms with Gasteiger partial charge in [0.15, 0.2) is 0 Å². The van der Waals surface area contributed by atoms with Crippen LogP contribution in [0.15, 0.2) is 28.9 Å². The highest BCUT2D eigenvalue weighted by Crippen LogP contribution is 2.25. The first-order chi connectivity index (χ1) is 14.0. The summed E-state index contributed by atoms with van der Waals surface area (Å²) in [4.78, 5) is 27.4. The van der Waals surface area contributed by atoms with Gasteiger partial charge in [-0.15, -0.1) is 0 Å². The summed E-state index contributed by atoms with van der Waals surface area (Å²) in [7, 11) is 0. The minimum Gasteiger partial charge on any atom is -0.468 e. The molecule has 0 saturated heterocycles. The number of hydrogen-bond acceptors (Lipinski definition) is 7. The van der Waals surface area contributed by atoms with Crippen LogP contribution in [0.3, 0.4) is 0 Å². The number of hydrogen-bond donors (Lipinski definition) is 2. The highest BCUT2D eigenvalue weighted by atomic mass is 16.6. The van der Waals surface area contributed by atoms with E-state index in [2.05, 4.69) is 11.9 Å². The molecule has 8 heteroatoms. The lowest BCUT2D eigenvalue weighted by molar-refractivity contribution is -0.144.